The maximum Gasteiger partial charge on any atom is 0.328 e. The van der Waals surface area contributed by atoms with Crippen molar-refractivity contribution in [1.29, 1.82) is 0 Å². The molecular formula is C15H17FO3. The molecule has 2 rings (SSSR count). The van der Waals surface area contributed by atoms with Gasteiger partial charge >= 0.3 is 5.97 Å². The lowest BCUT2D eigenvalue weighted by atomic mass is 10.1. The topological polar surface area (TPSA) is 46.5 Å². The van der Waals surface area contributed by atoms with Gasteiger partial charge < -0.3 is 9.84 Å². The van der Waals surface area contributed by atoms with E-state index in [4.69, 9.17) is 9.84 Å². The molecular weight excluding hydrogens is 247 g/mol. The van der Waals surface area contributed by atoms with Crippen molar-refractivity contribution in [1.82, 2.24) is 0 Å². The SMILES string of the molecule is O=C(O)/C=C/c1ccc(COC2CCCC2)c(F)c1. The van der Waals surface area contributed by atoms with E-state index in [0.717, 1.165) is 18.9 Å². The van der Waals surface area contributed by atoms with Gasteiger partial charge in [0.2, 0.25) is 0 Å². The Hall–Kier alpha value is -1.68. The predicted octanol–water partition coefficient (Wildman–Crippen LogP) is 3.38. The first-order valence-electron chi connectivity index (χ1n) is 6.46. The van der Waals surface area contributed by atoms with Crippen LogP contribution in [0.15, 0.2) is 24.3 Å². The maximum absolute atomic E-state index is 13.8. The van der Waals surface area contributed by atoms with E-state index in [1.165, 1.54) is 25.0 Å². The Kier molecular flexibility index (Phi) is 4.68. The average Bonchev–Trinajstić information content (AvgIpc) is 2.88. The van der Waals surface area contributed by atoms with Crippen molar-refractivity contribution in [3.8, 4) is 0 Å². The second kappa shape index (κ2) is 6.48. The normalized spacial score (nSPS) is 16.3. The van der Waals surface area contributed by atoms with Crippen LogP contribution < -0.4 is 0 Å². The molecule has 0 amide bonds. The summed E-state index contributed by atoms with van der Waals surface area (Å²) in [6.07, 6.45) is 7.10. The summed E-state index contributed by atoms with van der Waals surface area (Å²) < 4.78 is 19.4. The van der Waals surface area contributed by atoms with Gasteiger partial charge in [-0.3, -0.25) is 0 Å². The number of carbonyl (C=O) groups is 1. The fourth-order valence-corrected chi connectivity index (χ4v) is 2.21. The Morgan fingerprint density at radius 3 is 2.79 bits per heavy atom. The van der Waals surface area contributed by atoms with Crippen LogP contribution in [0.2, 0.25) is 0 Å². The van der Waals surface area contributed by atoms with Crippen molar-refractivity contribution in [3.05, 3.63) is 41.2 Å². The molecule has 1 N–H and O–H groups in total. The first-order chi connectivity index (χ1) is 9.15. The molecule has 19 heavy (non-hydrogen) atoms. The van der Waals surface area contributed by atoms with Crippen molar-refractivity contribution < 1.29 is 19.0 Å². The lowest BCUT2D eigenvalue weighted by Gasteiger charge is -2.11. The highest BCUT2D eigenvalue weighted by atomic mass is 19.1. The number of hydrogen-bond donors (Lipinski definition) is 1. The summed E-state index contributed by atoms with van der Waals surface area (Å²) in [5.74, 6) is -1.40. The van der Waals surface area contributed by atoms with Gasteiger partial charge in [-0.1, -0.05) is 25.0 Å². The standard InChI is InChI=1S/C15H17FO3/c16-14-9-11(6-8-15(17)18)5-7-12(14)10-19-13-3-1-2-4-13/h5-9,13H,1-4,10H2,(H,17,18)/b8-6+. The molecule has 0 spiro atoms. The third-order valence-electron chi connectivity index (χ3n) is 3.27. The summed E-state index contributed by atoms with van der Waals surface area (Å²) in [5, 5.41) is 8.50. The summed E-state index contributed by atoms with van der Waals surface area (Å²) in [4.78, 5) is 10.4. The molecule has 1 aliphatic carbocycles. The average molecular weight is 264 g/mol. The van der Waals surface area contributed by atoms with Gasteiger partial charge in [0, 0.05) is 11.6 Å². The summed E-state index contributed by atoms with van der Waals surface area (Å²) in [6, 6.07) is 4.66. The van der Waals surface area contributed by atoms with Gasteiger partial charge in [-0.15, -0.1) is 0 Å². The number of carboxylic acid groups (broad SMARTS) is 1. The lowest BCUT2D eigenvalue weighted by molar-refractivity contribution is -0.131. The molecule has 0 aliphatic heterocycles. The number of halogens is 1. The number of aliphatic carboxylic acids is 1. The van der Waals surface area contributed by atoms with Gasteiger partial charge in [-0.25, -0.2) is 9.18 Å². The van der Waals surface area contributed by atoms with E-state index in [1.54, 1.807) is 12.1 Å². The molecule has 1 saturated carbocycles. The second-order valence-electron chi connectivity index (χ2n) is 4.74. The van der Waals surface area contributed by atoms with Gasteiger partial charge in [0.25, 0.3) is 0 Å². The van der Waals surface area contributed by atoms with Crippen LogP contribution in [0.5, 0.6) is 0 Å². The quantitative estimate of drug-likeness (QED) is 0.829. The fraction of sp³-hybridized carbons (Fsp3) is 0.400. The summed E-state index contributed by atoms with van der Waals surface area (Å²) in [6.45, 7) is 0.277. The third-order valence-corrected chi connectivity index (χ3v) is 3.27. The van der Waals surface area contributed by atoms with E-state index in [1.807, 2.05) is 0 Å². The van der Waals surface area contributed by atoms with Gasteiger partial charge in [0.05, 0.1) is 12.7 Å². The van der Waals surface area contributed by atoms with E-state index in [0.29, 0.717) is 11.1 Å². The van der Waals surface area contributed by atoms with Crippen molar-refractivity contribution in [3.63, 3.8) is 0 Å². The van der Waals surface area contributed by atoms with Gasteiger partial charge in [-0.2, -0.15) is 0 Å². The third kappa shape index (κ3) is 4.17. The largest absolute Gasteiger partial charge is 0.478 e. The zero-order chi connectivity index (χ0) is 13.7. The molecule has 0 saturated heterocycles. The highest BCUT2D eigenvalue weighted by Crippen LogP contribution is 2.23. The molecule has 1 aromatic carbocycles. The van der Waals surface area contributed by atoms with E-state index in [-0.39, 0.29) is 18.5 Å². The lowest BCUT2D eigenvalue weighted by Crippen LogP contribution is -2.08. The van der Waals surface area contributed by atoms with Crippen LogP contribution in [0.25, 0.3) is 6.08 Å². The number of carboxylic acids is 1. The second-order valence-corrected chi connectivity index (χ2v) is 4.74. The molecule has 0 radical (unpaired) electrons. The molecule has 0 unspecified atom stereocenters. The Morgan fingerprint density at radius 2 is 2.16 bits per heavy atom. The summed E-state index contributed by atoms with van der Waals surface area (Å²) in [5.41, 5.74) is 1.05. The molecule has 1 aliphatic rings. The molecule has 3 nitrogen and oxygen atoms in total. The zero-order valence-corrected chi connectivity index (χ0v) is 10.6. The van der Waals surface area contributed by atoms with Crippen LogP contribution in [0.1, 0.15) is 36.8 Å². The monoisotopic (exact) mass is 264 g/mol. The molecule has 0 heterocycles. The van der Waals surface area contributed by atoms with Crippen LogP contribution in [0, 0.1) is 5.82 Å². The van der Waals surface area contributed by atoms with Crippen molar-refractivity contribution >= 4 is 12.0 Å². The minimum atomic E-state index is -1.05. The number of benzene rings is 1. The number of hydrogen-bond acceptors (Lipinski definition) is 2. The van der Waals surface area contributed by atoms with Crippen LogP contribution >= 0.6 is 0 Å². The molecule has 0 aromatic heterocycles. The highest BCUT2D eigenvalue weighted by Gasteiger charge is 2.15. The summed E-state index contributed by atoms with van der Waals surface area (Å²) in [7, 11) is 0. The maximum atomic E-state index is 13.8. The van der Waals surface area contributed by atoms with Crippen molar-refractivity contribution in [2.75, 3.05) is 0 Å². The van der Waals surface area contributed by atoms with E-state index in [9.17, 15) is 9.18 Å². The molecule has 0 atom stereocenters. The zero-order valence-electron chi connectivity index (χ0n) is 10.6. The molecule has 1 fully saturated rings. The summed E-state index contributed by atoms with van der Waals surface area (Å²) >= 11 is 0. The molecule has 4 heteroatoms. The van der Waals surface area contributed by atoms with Crippen molar-refractivity contribution in [2.24, 2.45) is 0 Å². The van der Waals surface area contributed by atoms with E-state index < -0.39 is 5.97 Å². The van der Waals surface area contributed by atoms with Crippen molar-refractivity contribution in [2.45, 2.75) is 38.4 Å². The minimum absolute atomic E-state index is 0.256. The van der Waals surface area contributed by atoms with Crippen LogP contribution in [-0.2, 0) is 16.1 Å². The minimum Gasteiger partial charge on any atom is -0.478 e. The van der Waals surface area contributed by atoms with Gasteiger partial charge in [0.1, 0.15) is 5.82 Å². The van der Waals surface area contributed by atoms with Crippen LogP contribution in [-0.4, -0.2) is 17.2 Å². The van der Waals surface area contributed by atoms with Crippen LogP contribution in [0.3, 0.4) is 0 Å². The molecule has 102 valence electrons. The molecule has 1 aromatic rings. The smallest absolute Gasteiger partial charge is 0.328 e. The first kappa shape index (κ1) is 13.7. The van der Waals surface area contributed by atoms with Crippen LogP contribution in [0.4, 0.5) is 4.39 Å². The Morgan fingerprint density at radius 1 is 1.42 bits per heavy atom. The Balaban J connectivity index is 1.96. The fourth-order valence-electron chi connectivity index (χ4n) is 2.21. The Bertz CT molecular complexity index is 476. The number of rotatable bonds is 5. The first-order valence-corrected chi connectivity index (χ1v) is 6.46. The Labute approximate surface area is 111 Å². The van der Waals surface area contributed by atoms with E-state index in [2.05, 4.69) is 0 Å². The van der Waals surface area contributed by atoms with Gasteiger partial charge in [-0.05, 0) is 30.5 Å². The van der Waals surface area contributed by atoms with Gasteiger partial charge in [0.15, 0.2) is 0 Å². The number of ether oxygens (including phenoxy) is 1. The van der Waals surface area contributed by atoms with E-state index >= 15 is 0 Å². The molecule has 0 bridgehead atoms. The highest BCUT2D eigenvalue weighted by molar-refractivity contribution is 5.85. The predicted molar refractivity (Wildman–Crippen MR) is 70.1 cm³/mol.